The molecule has 2 nitrogen and oxygen atoms in total. The van der Waals surface area contributed by atoms with E-state index in [0.717, 1.165) is 6.07 Å². The van der Waals surface area contributed by atoms with Crippen LogP contribution in [0.1, 0.15) is 15.9 Å². The lowest BCUT2D eigenvalue weighted by atomic mass is 10.1. The normalized spacial score (nSPS) is 11.7. The third-order valence-electron chi connectivity index (χ3n) is 1.95. The van der Waals surface area contributed by atoms with Gasteiger partial charge in [-0.2, -0.15) is 13.2 Å². The summed E-state index contributed by atoms with van der Waals surface area (Å²) in [7, 11) is 0. The standard InChI is InChI=1S/C10H7F6NO/c11-7-2-1-5(3-6(7)10(14,15)16)9(18)17-4-8(12)13/h1-3,8H,4H2,(H,17,18). The van der Waals surface area contributed by atoms with Gasteiger partial charge in [-0.15, -0.1) is 0 Å². The van der Waals surface area contributed by atoms with E-state index >= 15 is 0 Å². The third-order valence-corrected chi connectivity index (χ3v) is 1.95. The van der Waals surface area contributed by atoms with Crippen molar-refractivity contribution >= 4 is 5.91 Å². The van der Waals surface area contributed by atoms with Gasteiger partial charge in [0, 0.05) is 5.56 Å². The number of hydrogen-bond acceptors (Lipinski definition) is 1. The van der Waals surface area contributed by atoms with Crippen molar-refractivity contribution in [2.75, 3.05) is 6.54 Å². The first-order valence-electron chi connectivity index (χ1n) is 4.65. The van der Waals surface area contributed by atoms with E-state index in [1.54, 1.807) is 5.32 Å². The highest BCUT2D eigenvalue weighted by Crippen LogP contribution is 2.31. The molecular formula is C10H7F6NO. The van der Waals surface area contributed by atoms with E-state index in [4.69, 9.17) is 0 Å². The minimum absolute atomic E-state index is 0.274. The summed E-state index contributed by atoms with van der Waals surface area (Å²) in [5.41, 5.74) is -2.16. The zero-order valence-corrected chi connectivity index (χ0v) is 8.69. The molecule has 1 aromatic rings. The number of carbonyl (C=O) groups is 1. The third kappa shape index (κ3) is 3.64. The predicted molar refractivity (Wildman–Crippen MR) is 49.7 cm³/mol. The maximum atomic E-state index is 12.9. The van der Waals surface area contributed by atoms with Gasteiger partial charge >= 0.3 is 6.18 Å². The van der Waals surface area contributed by atoms with Gasteiger partial charge in [0.1, 0.15) is 5.82 Å². The van der Waals surface area contributed by atoms with Crippen LogP contribution < -0.4 is 5.32 Å². The van der Waals surface area contributed by atoms with Gasteiger partial charge in [0.05, 0.1) is 12.1 Å². The van der Waals surface area contributed by atoms with Gasteiger partial charge in [0.15, 0.2) is 0 Å². The van der Waals surface area contributed by atoms with Gasteiger partial charge in [-0.25, -0.2) is 13.2 Å². The second-order valence-electron chi connectivity index (χ2n) is 3.29. The molecule has 0 saturated heterocycles. The van der Waals surface area contributed by atoms with Gasteiger partial charge in [-0.1, -0.05) is 0 Å². The number of carbonyl (C=O) groups excluding carboxylic acids is 1. The summed E-state index contributed by atoms with van der Waals surface area (Å²) in [5, 5.41) is 1.72. The molecule has 0 saturated carbocycles. The van der Waals surface area contributed by atoms with Crippen molar-refractivity contribution in [3.63, 3.8) is 0 Å². The molecule has 0 aliphatic heterocycles. The number of rotatable bonds is 3. The molecule has 0 unspecified atom stereocenters. The molecule has 0 aliphatic rings. The Morgan fingerprint density at radius 2 is 1.89 bits per heavy atom. The zero-order valence-electron chi connectivity index (χ0n) is 8.69. The van der Waals surface area contributed by atoms with Gasteiger partial charge in [-0.3, -0.25) is 4.79 Å². The highest BCUT2D eigenvalue weighted by Gasteiger charge is 2.34. The van der Waals surface area contributed by atoms with Crippen molar-refractivity contribution in [3.05, 3.63) is 35.1 Å². The molecule has 0 aromatic heterocycles. The average Bonchev–Trinajstić information content (AvgIpc) is 2.24. The number of benzene rings is 1. The van der Waals surface area contributed by atoms with Crippen LogP contribution >= 0.6 is 0 Å². The monoisotopic (exact) mass is 271 g/mol. The van der Waals surface area contributed by atoms with E-state index in [-0.39, 0.29) is 6.07 Å². The van der Waals surface area contributed by atoms with Crippen LogP contribution in [0, 0.1) is 5.82 Å². The number of halogens is 6. The predicted octanol–water partition coefficient (Wildman–Crippen LogP) is 2.84. The fraction of sp³-hybridized carbons (Fsp3) is 0.300. The fourth-order valence-corrected chi connectivity index (χ4v) is 1.16. The van der Waals surface area contributed by atoms with Crippen LogP contribution in [0.25, 0.3) is 0 Å². The van der Waals surface area contributed by atoms with Crippen LogP contribution in [0.2, 0.25) is 0 Å². The Hall–Kier alpha value is -1.73. The van der Waals surface area contributed by atoms with Crippen molar-refractivity contribution in [2.45, 2.75) is 12.6 Å². The quantitative estimate of drug-likeness (QED) is 0.841. The molecule has 0 aliphatic carbocycles. The molecule has 0 radical (unpaired) electrons. The Morgan fingerprint density at radius 3 is 2.39 bits per heavy atom. The summed E-state index contributed by atoms with van der Waals surface area (Å²) < 4.78 is 73.4. The minimum atomic E-state index is -4.96. The van der Waals surface area contributed by atoms with Gasteiger partial charge in [-0.05, 0) is 18.2 Å². The summed E-state index contributed by atoms with van der Waals surface area (Å²) in [6.07, 6.45) is -7.78. The number of alkyl halides is 5. The molecule has 0 bridgehead atoms. The minimum Gasteiger partial charge on any atom is -0.346 e. The van der Waals surface area contributed by atoms with E-state index in [1.807, 2.05) is 0 Å². The SMILES string of the molecule is O=C(NCC(F)F)c1ccc(F)c(C(F)(F)F)c1. The van der Waals surface area contributed by atoms with E-state index < -0.39 is 42.0 Å². The Balaban J connectivity index is 2.95. The maximum Gasteiger partial charge on any atom is 0.419 e. The van der Waals surface area contributed by atoms with Crippen molar-refractivity contribution in [1.29, 1.82) is 0 Å². The molecule has 0 heterocycles. The lowest BCUT2D eigenvalue weighted by Gasteiger charge is -2.10. The van der Waals surface area contributed by atoms with Gasteiger partial charge < -0.3 is 5.32 Å². The van der Waals surface area contributed by atoms with Crippen molar-refractivity contribution in [2.24, 2.45) is 0 Å². The Bertz CT molecular complexity index is 442. The molecule has 1 rings (SSSR count). The van der Waals surface area contributed by atoms with Crippen LogP contribution in [0.5, 0.6) is 0 Å². The first kappa shape index (κ1) is 14.3. The van der Waals surface area contributed by atoms with Crippen molar-refractivity contribution in [1.82, 2.24) is 5.32 Å². The second kappa shape index (κ2) is 5.28. The molecule has 0 fully saturated rings. The lowest BCUT2D eigenvalue weighted by Crippen LogP contribution is -2.28. The van der Waals surface area contributed by atoms with E-state index in [9.17, 15) is 31.1 Å². The first-order chi connectivity index (χ1) is 8.21. The molecule has 0 spiro atoms. The van der Waals surface area contributed by atoms with E-state index in [2.05, 4.69) is 0 Å². The summed E-state index contributed by atoms with van der Waals surface area (Å²) in [6, 6.07) is 1.52. The van der Waals surface area contributed by atoms with Crippen LogP contribution in [-0.2, 0) is 6.18 Å². The van der Waals surface area contributed by atoms with E-state index in [1.165, 1.54) is 0 Å². The molecule has 1 amide bonds. The van der Waals surface area contributed by atoms with Gasteiger partial charge in [0.25, 0.3) is 12.3 Å². The molecule has 8 heteroatoms. The Kier molecular flexibility index (Phi) is 4.20. The van der Waals surface area contributed by atoms with Crippen LogP contribution in [0.4, 0.5) is 26.3 Å². The molecular weight excluding hydrogens is 264 g/mol. The molecule has 1 aromatic carbocycles. The fourth-order valence-electron chi connectivity index (χ4n) is 1.16. The topological polar surface area (TPSA) is 29.1 Å². The number of nitrogens with one attached hydrogen (secondary N) is 1. The zero-order chi connectivity index (χ0) is 13.9. The van der Waals surface area contributed by atoms with E-state index in [0.29, 0.717) is 6.07 Å². The number of amides is 1. The summed E-state index contributed by atoms with van der Waals surface area (Å²) in [5.74, 6) is -2.66. The van der Waals surface area contributed by atoms with Crippen LogP contribution in [-0.4, -0.2) is 18.9 Å². The smallest absolute Gasteiger partial charge is 0.346 e. The summed E-state index contributed by atoms with van der Waals surface area (Å²) in [6.45, 7) is -0.989. The highest BCUT2D eigenvalue weighted by atomic mass is 19.4. The molecule has 0 atom stereocenters. The molecule has 100 valence electrons. The summed E-state index contributed by atoms with van der Waals surface area (Å²) in [4.78, 5) is 11.2. The maximum absolute atomic E-state index is 12.9. The largest absolute Gasteiger partial charge is 0.419 e. The Labute approximate surface area is 97.6 Å². The van der Waals surface area contributed by atoms with Crippen molar-refractivity contribution < 1.29 is 31.1 Å². The van der Waals surface area contributed by atoms with Gasteiger partial charge in [0.2, 0.25) is 0 Å². The van der Waals surface area contributed by atoms with Crippen molar-refractivity contribution in [3.8, 4) is 0 Å². The molecule has 18 heavy (non-hydrogen) atoms. The highest BCUT2D eigenvalue weighted by molar-refractivity contribution is 5.94. The number of hydrogen-bond donors (Lipinski definition) is 1. The lowest BCUT2D eigenvalue weighted by molar-refractivity contribution is -0.140. The second-order valence-corrected chi connectivity index (χ2v) is 3.29. The summed E-state index contributed by atoms with van der Waals surface area (Å²) >= 11 is 0. The van der Waals surface area contributed by atoms with Crippen LogP contribution in [0.3, 0.4) is 0 Å². The van der Waals surface area contributed by atoms with Crippen LogP contribution in [0.15, 0.2) is 18.2 Å². The Morgan fingerprint density at radius 1 is 1.28 bits per heavy atom. The average molecular weight is 271 g/mol. The molecule has 1 N–H and O–H groups in total. The first-order valence-corrected chi connectivity index (χ1v) is 4.65.